The van der Waals surface area contributed by atoms with Gasteiger partial charge >= 0.3 is 0 Å². The Balaban J connectivity index is 1.41. The van der Waals surface area contributed by atoms with Crippen molar-refractivity contribution in [1.29, 1.82) is 0 Å². The Kier molecular flexibility index (Phi) is 5.36. The highest BCUT2D eigenvalue weighted by Crippen LogP contribution is 2.42. The van der Waals surface area contributed by atoms with Gasteiger partial charge in [0.15, 0.2) is 0 Å². The van der Waals surface area contributed by atoms with Crippen molar-refractivity contribution in [3.63, 3.8) is 0 Å². The van der Waals surface area contributed by atoms with Gasteiger partial charge in [0.1, 0.15) is 5.75 Å². The van der Waals surface area contributed by atoms with Crippen molar-refractivity contribution in [3.05, 3.63) is 55.6 Å². The zero-order chi connectivity index (χ0) is 17.9. The van der Waals surface area contributed by atoms with Gasteiger partial charge in [-0.25, -0.2) is 0 Å². The third-order valence-electron chi connectivity index (χ3n) is 4.86. The fourth-order valence-corrected chi connectivity index (χ4v) is 6.06. The highest BCUT2D eigenvalue weighted by atomic mass is 32.2. The molecule has 1 amide bonds. The molecule has 4 rings (SSSR count). The van der Waals surface area contributed by atoms with Crippen LogP contribution in [0.15, 0.2) is 29.2 Å². The summed E-state index contributed by atoms with van der Waals surface area (Å²) in [6.45, 7) is 3.17. The number of aryl methyl sites for hydroxylation is 1. The van der Waals surface area contributed by atoms with E-state index in [-0.39, 0.29) is 5.91 Å². The monoisotopic (exact) mass is 385 g/mol. The van der Waals surface area contributed by atoms with Gasteiger partial charge in [0.2, 0.25) is 0 Å². The number of carbonyl (C=O) groups is 1. The van der Waals surface area contributed by atoms with Gasteiger partial charge in [0.25, 0.3) is 5.91 Å². The molecule has 1 aromatic heterocycles. The second kappa shape index (κ2) is 7.89. The quantitative estimate of drug-likeness (QED) is 0.793. The van der Waals surface area contributed by atoms with Gasteiger partial charge in [-0.05, 0) is 67.5 Å². The van der Waals surface area contributed by atoms with Gasteiger partial charge in [0, 0.05) is 22.1 Å². The van der Waals surface area contributed by atoms with E-state index in [1.807, 2.05) is 42.5 Å². The zero-order valence-corrected chi connectivity index (χ0v) is 16.6. The number of nitrogens with one attached hydrogen (secondary N) is 1. The molecule has 1 aliphatic carbocycles. The summed E-state index contributed by atoms with van der Waals surface area (Å²) in [5.74, 6) is 1.83. The standard InChI is InChI=1S/C21H23NO2S2/c1-2-24-15-9-7-14(8-10-15)12-22-21(23)20-11-19-17(13-25-20)16-5-3-4-6-18(16)26-19/h7-11H,2-6,12-13H2,1H3,(H,22,23). The van der Waals surface area contributed by atoms with Crippen LogP contribution in [0.1, 0.15) is 46.2 Å². The highest BCUT2D eigenvalue weighted by molar-refractivity contribution is 8.03. The van der Waals surface area contributed by atoms with E-state index in [0.29, 0.717) is 13.2 Å². The average molecular weight is 386 g/mol. The minimum absolute atomic E-state index is 0.0286. The van der Waals surface area contributed by atoms with Gasteiger partial charge in [0.05, 0.1) is 11.5 Å². The Bertz CT molecular complexity index is 836. The lowest BCUT2D eigenvalue weighted by Crippen LogP contribution is -2.24. The molecule has 0 fully saturated rings. The van der Waals surface area contributed by atoms with E-state index in [1.54, 1.807) is 22.2 Å². The summed E-state index contributed by atoms with van der Waals surface area (Å²) in [6.07, 6.45) is 7.14. The number of amides is 1. The van der Waals surface area contributed by atoms with Crippen LogP contribution in [0.3, 0.4) is 0 Å². The van der Waals surface area contributed by atoms with E-state index in [9.17, 15) is 4.79 Å². The van der Waals surface area contributed by atoms with Crippen molar-refractivity contribution < 1.29 is 9.53 Å². The summed E-state index contributed by atoms with van der Waals surface area (Å²) in [6, 6.07) is 7.89. The molecule has 2 heterocycles. The molecule has 0 spiro atoms. The lowest BCUT2D eigenvalue weighted by Gasteiger charge is -2.16. The minimum Gasteiger partial charge on any atom is -0.494 e. The molecule has 0 atom stereocenters. The highest BCUT2D eigenvalue weighted by Gasteiger charge is 2.24. The van der Waals surface area contributed by atoms with Gasteiger partial charge in [-0.15, -0.1) is 23.1 Å². The maximum atomic E-state index is 12.6. The first kappa shape index (κ1) is 17.7. The lowest BCUT2D eigenvalue weighted by molar-refractivity contribution is -0.116. The van der Waals surface area contributed by atoms with Crippen LogP contribution < -0.4 is 10.1 Å². The molecule has 5 heteroatoms. The Morgan fingerprint density at radius 3 is 2.77 bits per heavy atom. The molecule has 1 N–H and O–H groups in total. The molecule has 2 aliphatic rings. The van der Waals surface area contributed by atoms with Crippen molar-refractivity contribution in [2.45, 2.75) is 44.9 Å². The summed E-state index contributed by atoms with van der Waals surface area (Å²) in [7, 11) is 0. The summed E-state index contributed by atoms with van der Waals surface area (Å²) in [5, 5.41) is 3.05. The molecule has 2 aromatic rings. The number of hydrogen-bond donors (Lipinski definition) is 1. The number of fused-ring (bicyclic) bond motifs is 3. The van der Waals surface area contributed by atoms with Gasteiger partial charge in [-0.3, -0.25) is 4.79 Å². The van der Waals surface area contributed by atoms with Crippen LogP contribution >= 0.6 is 23.1 Å². The maximum Gasteiger partial charge on any atom is 0.258 e. The molecule has 0 saturated heterocycles. The molecule has 26 heavy (non-hydrogen) atoms. The van der Waals surface area contributed by atoms with Crippen LogP contribution in [0, 0.1) is 0 Å². The number of carbonyl (C=O) groups excluding carboxylic acids is 1. The number of benzene rings is 1. The van der Waals surface area contributed by atoms with Crippen LogP contribution in [-0.2, 0) is 29.9 Å². The second-order valence-electron chi connectivity index (χ2n) is 6.61. The summed E-state index contributed by atoms with van der Waals surface area (Å²) in [5.41, 5.74) is 4.14. The van der Waals surface area contributed by atoms with Crippen molar-refractivity contribution in [1.82, 2.24) is 5.32 Å². The molecule has 3 nitrogen and oxygen atoms in total. The molecule has 1 aliphatic heterocycles. The Morgan fingerprint density at radius 1 is 1.15 bits per heavy atom. The number of thioether (sulfide) groups is 1. The Morgan fingerprint density at radius 2 is 1.96 bits per heavy atom. The van der Waals surface area contributed by atoms with Gasteiger partial charge in [-0.1, -0.05) is 12.1 Å². The molecular formula is C21H23NO2S2. The van der Waals surface area contributed by atoms with E-state index >= 15 is 0 Å². The molecule has 1 aromatic carbocycles. The fraction of sp³-hybridized carbons (Fsp3) is 0.381. The largest absolute Gasteiger partial charge is 0.494 e. The van der Waals surface area contributed by atoms with Gasteiger partial charge in [-0.2, -0.15) is 0 Å². The molecular weight excluding hydrogens is 362 g/mol. The van der Waals surface area contributed by atoms with Crippen LogP contribution in [0.5, 0.6) is 5.75 Å². The van der Waals surface area contributed by atoms with E-state index in [0.717, 1.165) is 22.0 Å². The average Bonchev–Trinajstić information content (AvgIpc) is 3.05. The number of hydrogen-bond acceptors (Lipinski definition) is 4. The zero-order valence-electron chi connectivity index (χ0n) is 15.0. The third-order valence-corrected chi connectivity index (χ3v) is 7.19. The number of rotatable bonds is 5. The minimum atomic E-state index is 0.0286. The van der Waals surface area contributed by atoms with E-state index in [4.69, 9.17) is 4.74 Å². The summed E-state index contributed by atoms with van der Waals surface area (Å²) >= 11 is 3.57. The third kappa shape index (κ3) is 3.69. The SMILES string of the molecule is CCOc1ccc(CNC(=O)C2=Cc3sc4c(c3CS2)CCCC4)cc1. The second-order valence-corrected chi connectivity index (χ2v) is 8.76. The lowest BCUT2D eigenvalue weighted by atomic mass is 9.95. The number of thiophene rings is 1. The van der Waals surface area contributed by atoms with Crippen LogP contribution in [0.4, 0.5) is 0 Å². The Hall–Kier alpha value is -1.72. The topological polar surface area (TPSA) is 38.3 Å². The normalized spacial score (nSPS) is 15.7. The van der Waals surface area contributed by atoms with Gasteiger partial charge < -0.3 is 10.1 Å². The van der Waals surface area contributed by atoms with Crippen molar-refractivity contribution in [2.24, 2.45) is 0 Å². The first-order chi connectivity index (χ1) is 12.7. The molecule has 0 unspecified atom stereocenters. The molecule has 0 saturated carbocycles. The Labute approximate surface area is 162 Å². The first-order valence-corrected chi connectivity index (χ1v) is 11.0. The molecule has 0 radical (unpaired) electrons. The van der Waals surface area contributed by atoms with Crippen molar-refractivity contribution >= 4 is 35.1 Å². The smallest absolute Gasteiger partial charge is 0.258 e. The van der Waals surface area contributed by atoms with Crippen LogP contribution in [-0.4, -0.2) is 12.5 Å². The predicted octanol–water partition coefficient (Wildman–Crippen LogP) is 4.93. The van der Waals surface area contributed by atoms with Crippen LogP contribution in [0.2, 0.25) is 0 Å². The van der Waals surface area contributed by atoms with Crippen molar-refractivity contribution in [3.8, 4) is 5.75 Å². The predicted molar refractivity (Wildman–Crippen MR) is 110 cm³/mol. The van der Waals surface area contributed by atoms with E-state index in [1.165, 1.54) is 36.1 Å². The number of ether oxygens (including phenoxy) is 1. The summed E-state index contributed by atoms with van der Waals surface area (Å²) in [4.78, 5) is 16.3. The fourth-order valence-electron chi connectivity index (χ4n) is 3.51. The molecule has 136 valence electrons. The van der Waals surface area contributed by atoms with E-state index < -0.39 is 0 Å². The maximum absolute atomic E-state index is 12.6. The van der Waals surface area contributed by atoms with Crippen LogP contribution in [0.25, 0.3) is 6.08 Å². The van der Waals surface area contributed by atoms with Crippen molar-refractivity contribution in [2.75, 3.05) is 6.61 Å². The molecule has 0 bridgehead atoms. The first-order valence-electron chi connectivity index (χ1n) is 9.22. The van der Waals surface area contributed by atoms with E-state index in [2.05, 4.69) is 11.4 Å². The summed E-state index contributed by atoms with van der Waals surface area (Å²) < 4.78 is 5.45.